The number of nitrogens with one attached hydrogen (secondary N) is 1. The van der Waals surface area contributed by atoms with Crippen molar-refractivity contribution in [1.29, 1.82) is 0 Å². The zero-order valence-corrected chi connectivity index (χ0v) is 13.2. The van der Waals surface area contributed by atoms with Gasteiger partial charge in [-0.2, -0.15) is 0 Å². The molecule has 1 aromatic carbocycles. The number of sulfonamides is 1. The van der Waals surface area contributed by atoms with Crippen LogP contribution in [-0.4, -0.2) is 32.9 Å². The molecule has 0 fully saturated rings. The Labute approximate surface area is 120 Å². The number of hydrogen-bond acceptors (Lipinski definition) is 3. The van der Waals surface area contributed by atoms with Gasteiger partial charge in [0.1, 0.15) is 0 Å². The number of halogens is 1. The minimum atomic E-state index is -3.42. The number of hydrogen-bond donors (Lipinski definition) is 1. The maximum Gasteiger partial charge on any atom is 0.242 e. The molecule has 0 radical (unpaired) electrons. The van der Waals surface area contributed by atoms with Gasteiger partial charge in [-0.25, -0.2) is 12.7 Å². The molecule has 0 aliphatic rings. The summed E-state index contributed by atoms with van der Waals surface area (Å²) in [6.07, 6.45) is 0.785. The van der Waals surface area contributed by atoms with Crippen molar-refractivity contribution in [2.45, 2.75) is 31.7 Å². The van der Waals surface area contributed by atoms with Crippen molar-refractivity contribution < 1.29 is 8.42 Å². The van der Waals surface area contributed by atoms with Crippen molar-refractivity contribution in [3.8, 4) is 0 Å². The second kappa shape index (κ2) is 7.24. The molecule has 0 saturated heterocycles. The molecule has 0 bridgehead atoms. The molecule has 0 amide bonds. The van der Waals surface area contributed by atoms with Crippen LogP contribution >= 0.6 is 11.6 Å². The van der Waals surface area contributed by atoms with E-state index in [1.54, 1.807) is 25.2 Å². The van der Waals surface area contributed by atoms with E-state index in [0.717, 1.165) is 18.5 Å². The van der Waals surface area contributed by atoms with Crippen LogP contribution in [0.1, 0.15) is 25.8 Å². The van der Waals surface area contributed by atoms with Crippen molar-refractivity contribution >= 4 is 21.6 Å². The van der Waals surface area contributed by atoms with E-state index in [1.807, 2.05) is 13.8 Å². The van der Waals surface area contributed by atoms with Crippen LogP contribution in [0, 0.1) is 0 Å². The van der Waals surface area contributed by atoms with Crippen LogP contribution in [0.15, 0.2) is 23.1 Å². The van der Waals surface area contributed by atoms with E-state index in [4.69, 9.17) is 11.6 Å². The Kier molecular flexibility index (Phi) is 6.26. The van der Waals surface area contributed by atoms with Gasteiger partial charge < -0.3 is 5.32 Å². The number of rotatable bonds is 7. The highest BCUT2D eigenvalue weighted by Gasteiger charge is 2.20. The molecule has 1 rings (SSSR count). The van der Waals surface area contributed by atoms with Crippen molar-refractivity contribution in [3.63, 3.8) is 0 Å². The second-order valence-corrected chi connectivity index (χ2v) is 6.81. The Bertz CT molecular complexity index is 517. The first-order valence-electron chi connectivity index (χ1n) is 6.39. The zero-order valence-electron chi connectivity index (χ0n) is 11.6. The molecule has 0 spiro atoms. The molecule has 0 heterocycles. The zero-order chi connectivity index (χ0) is 14.5. The van der Waals surface area contributed by atoms with Crippen LogP contribution in [0.2, 0.25) is 5.02 Å². The molecule has 4 nitrogen and oxygen atoms in total. The first-order chi connectivity index (χ1) is 8.93. The van der Waals surface area contributed by atoms with Gasteiger partial charge in [-0.15, -0.1) is 0 Å². The van der Waals surface area contributed by atoms with Gasteiger partial charge in [-0.3, -0.25) is 0 Å². The Hall–Kier alpha value is -0.620. The fraction of sp³-hybridized carbons (Fsp3) is 0.538. The minimum absolute atomic E-state index is 0.292. The van der Waals surface area contributed by atoms with E-state index in [0.29, 0.717) is 23.0 Å². The van der Waals surface area contributed by atoms with Crippen LogP contribution in [0.3, 0.4) is 0 Å². The van der Waals surface area contributed by atoms with Gasteiger partial charge in [0.15, 0.2) is 0 Å². The van der Waals surface area contributed by atoms with Gasteiger partial charge in [0.2, 0.25) is 10.0 Å². The van der Waals surface area contributed by atoms with E-state index in [1.165, 1.54) is 4.31 Å². The Morgan fingerprint density at radius 2 is 2.00 bits per heavy atom. The lowest BCUT2D eigenvalue weighted by Crippen LogP contribution is -2.27. The summed E-state index contributed by atoms with van der Waals surface area (Å²) in [6.45, 7) is 5.82. The van der Waals surface area contributed by atoms with Crippen LogP contribution in [0.25, 0.3) is 0 Å². The molecule has 1 N–H and O–H groups in total. The lowest BCUT2D eigenvalue weighted by Gasteiger charge is -2.17. The standard InChI is InChI=1S/C13H21ClN2O2S/c1-4-8-16(3)19(17,18)12-6-7-13(14)11(9-12)10-15-5-2/h6-7,9,15H,4-5,8,10H2,1-3H3. The highest BCUT2D eigenvalue weighted by atomic mass is 35.5. The number of benzene rings is 1. The Morgan fingerprint density at radius 1 is 1.32 bits per heavy atom. The number of nitrogens with zero attached hydrogens (tertiary/aromatic N) is 1. The topological polar surface area (TPSA) is 49.4 Å². The van der Waals surface area contributed by atoms with Crippen LogP contribution in [0.5, 0.6) is 0 Å². The van der Waals surface area contributed by atoms with Crippen molar-refractivity contribution in [2.24, 2.45) is 0 Å². The molecule has 0 aliphatic heterocycles. The summed E-state index contributed by atoms with van der Waals surface area (Å²) in [5.41, 5.74) is 0.800. The van der Waals surface area contributed by atoms with Crippen LogP contribution < -0.4 is 5.32 Å². The smallest absolute Gasteiger partial charge is 0.242 e. The summed E-state index contributed by atoms with van der Waals surface area (Å²) in [5, 5.41) is 3.73. The third-order valence-corrected chi connectivity index (χ3v) is 5.05. The Morgan fingerprint density at radius 3 is 2.58 bits per heavy atom. The average Bonchev–Trinajstić information content (AvgIpc) is 2.37. The molecule has 6 heteroatoms. The molecular formula is C13H21ClN2O2S. The fourth-order valence-corrected chi connectivity index (χ4v) is 3.22. The highest BCUT2D eigenvalue weighted by molar-refractivity contribution is 7.89. The van der Waals surface area contributed by atoms with Crippen molar-refractivity contribution in [1.82, 2.24) is 9.62 Å². The predicted molar refractivity (Wildman–Crippen MR) is 78.9 cm³/mol. The molecule has 108 valence electrons. The Balaban J connectivity index is 3.07. The van der Waals surface area contributed by atoms with Gasteiger partial charge in [-0.05, 0) is 36.7 Å². The molecule has 0 saturated carbocycles. The van der Waals surface area contributed by atoms with Crippen molar-refractivity contribution in [2.75, 3.05) is 20.1 Å². The average molecular weight is 305 g/mol. The molecular weight excluding hydrogens is 284 g/mol. The predicted octanol–water partition coefficient (Wildman–Crippen LogP) is 2.48. The van der Waals surface area contributed by atoms with Crippen LogP contribution in [0.4, 0.5) is 0 Å². The third kappa shape index (κ3) is 4.18. The largest absolute Gasteiger partial charge is 0.313 e. The maximum absolute atomic E-state index is 12.3. The maximum atomic E-state index is 12.3. The minimum Gasteiger partial charge on any atom is -0.313 e. The molecule has 0 aliphatic carbocycles. The molecule has 0 unspecified atom stereocenters. The van der Waals surface area contributed by atoms with Crippen LogP contribution in [-0.2, 0) is 16.6 Å². The SMILES string of the molecule is CCCN(C)S(=O)(=O)c1ccc(Cl)c(CNCC)c1. The normalized spacial score (nSPS) is 12.1. The quantitative estimate of drug-likeness (QED) is 0.842. The molecule has 19 heavy (non-hydrogen) atoms. The monoisotopic (exact) mass is 304 g/mol. The summed E-state index contributed by atoms with van der Waals surface area (Å²) in [6, 6.07) is 4.84. The highest BCUT2D eigenvalue weighted by Crippen LogP contribution is 2.22. The van der Waals surface area contributed by atoms with Gasteiger partial charge in [-0.1, -0.05) is 25.4 Å². The first kappa shape index (κ1) is 16.4. The van der Waals surface area contributed by atoms with E-state index in [-0.39, 0.29) is 0 Å². The van der Waals surface area contributed by atoms with Gasteiger partial charge >= 0.3 is 0 Å². The summed E-state index contributed by atoms with van der Waals surface area (Å²) in [5.74, 6) is 0. The van der Waals surface area contributed by atoms with Gasteiger partial charge in [0.05, 0.1) is 4.90 Å². The molecule has 0 atom stereocenters. The lowest BCUT2D eigenvalue weighted by atomic mass is 10.2. The lowest BCUT2D eigenvalue weighted by molar-refractivity contribution is 0.468. The van der Waals surface area contributed by atoms with Gasteiger partial charge in [0, 0.05) is 25.2 Å². The molecule has 1 aromatic rings. The molecule has 0 aromatic heterocycles. The van der Waals surface area contributed by atoms with Crippen molar-refractivity contribution in [3.05, 3.63) is 28.8 Å². The summed E-state index contributed by atoms with van der Waals surface area (Å²) >= 11 is 6.07. The summed E-state index contributed by atoms with van der Waals surface area (Å²) < 4.78 is 26.0. The second-order valence-electron chi connectivity index (χ2n) is 4.36. The third-order valence-electron chi connectivity index (χ3n) is 2.83. The van der Waals surface area contributed by atoms with E-state index in [9.17, 15) is 8.42 Å². The summed E-state index contributed by atoms with van der Waals surface area (Å²) in [7, 11) is -1.82. The van der Waals surface area contributed by atoms with E-state index in [2.05, 4.69) is 5.32 Å². The van der Waals surface area contributed by atoms with E-state index < -0.39 is 10.0 Å². The summed E-state index contributed by atoms with van der Waals surface area (Å²) in [4.78, 5) is 0.292. The fourth-order valence-electron chi connectivity index (χ4n) is 1.72. The van der Waals surface area contributed by atoms with Gasteiger partial charge in [0.25, 0.3) is 0 Å². The van der Waals surface area contributed by atoms with E-state index >= 15 is 0 Å². The first-order valence-corrected chi connectivity index (χ1v) is 8.20.